The van der Waals surface area contributed by atoms with Crippen LogP contribution in [0.25, 0.3) is 5.65 Å². The number of hydrogen-bond donors (Lipinski definition) is 2. The Morgan fingerprint density at radius 1 is 1.30 bits per heavy atom. The molecule has 1 aromatic carbocycles. The summed E-state index contributed by atoms with van der Waals surface area (Å²) in [5, 5.41) is 6.00. The van der Waals surface area contributed by atoms with Crippen molar-refractivity contribution in [2.75, 3.05) is 32.1 Å². The second-order valence-electron chi connectivity index (χ2n) is 6.41. The second kappa shape index (κ2) is 11.0. The monoisotopic (exact) mass is 454 g/mol. The third kappa shape index (κ3) is 5.54. The summed E-state index contributed by atoms with van der Waals surface area (Å²) >= 11 is 0. The molecule has 1 unspecified atom stereocenters. The minimum atomic E-state index is -0.502. The lowest BCUT2D eigenvalue weighted by molar-refractivity contribution is -0.128. The molecule has 8 nitrogen and oxygen atoms in total. The highest BCUT2D eigenvalue weighted by Crippen LogP contribution is 2.31. The number of anilines is 1. The number of fused-ring (bicyclic) bond motifs is 1. The number of amides is 1. The zero-order valence-electron chi connectivity index (χ0n) is 16.4. The van der Waals surface area contributed by atoms with E-state index in [1.807, 2.05) is 35.0 Å². The number of nitrogens with one attached hydrogen (secondary N) is 2. The first-order chi connectivity index (χ1) is 13.7. The maximum absolute atomic E-state index is 12.4. The normalized spacial score (nSPS) is 15.6. The molecule has 0 aliphatic carbocycles. The van der Waals surface area contributed by atoms with Crippen LogP contribution in [0.2, 0.25) is 0 Å². The van der Waals surface area contributed by atoms with Crippen LogP contribution in [0.15, 0.2) is 48.8 Å². The molecule has 4 rings (SSSR count). The Labute approximate surface area is 186 Å². The molecule has 162 valence electrons. The average Bonchev–Trinajstić information content (AvgIpc) is 3.16. The predicted molar refractivity (Wildman–Crippen MR) is 118 cm³/mol. The zero-order valence-corrected chi connectivity index (χ0v) is 18.0. The fourth-order valence-electron chi connectivity index (χ4n) is 3.03. The van der Waals surface area contributed by atoms with Gasteiger partial charge < -0.3 is 29.2 Å². The maximum Gasteiger partial charge on any atom is 0.254 e. The highest BCUT2D eigenvalue weighted by atomic mass is 35.5. The Bertz CT molecular complexity index is 943. The van der Waals surface area contributed by atoms with Crippen molar-refractivity contribution >= 4 is 42.1 Å². The Balaban J connectivity index is 0.00000160. The number of benzene rings is 1. The van der Waals surface area contributed by atoms with Crippen molar-refractivity contribution in [1.29, 1.82) is 0 Å². The molecule has 1 aliphatic heterocycles. The topological polar surface area (TPSA) is 86.1 Å². The van der Waals surface area contributed by atoms with Crippen LogP contribution in [-0.4, -0.2) is 48.2 Å². The summed E-state index contributed by atoms with van der Waals surface area (Å²) in [5.41, 5.74) is 2.27. The Hall–Kier alpha value is -2.52. The van der Waals surface area contributed by atoms with E-state index in [0.717, 1.165) is 17.9 Å². The second-order valence-corrected chi connectivity index (χ2v) is 6.41. The van der Waals surface area contributed by atoms with Crippen molar-refractivity contribution in [3.63, 3.8) is 0 Å². The summed E-state index contributed by atoms with van der Waals surface area (Å²) in [7, 11) is 1.58. The van der Waals surface area contributed by atoms with E-state index in [-0.39, 0.29) is 37.3 Å². The number of imidazole rings is 1. The van der Waals surface area contributed by atoms with E-state index in [1.54, 1.807) is 25.3 Å². The summed E-state index contributed by atoms with van der Waals surface area (Å²) < 4.78 is 18.7. The fraction of sp³-hybridized carbons (Fsp3) is 0.300. The van der Waals surface area contributed by atoms with Gasteiger partial charge in [0, 0.05) is 37.2 Å². The van der Waals surface area contributed by atoms with Crippen LogP contribution in [-0.2, 0) is 16.1 Å². The Kier molecular flexibility index (Phi) is 8.73. The molecule has 1 amide bonds. The van der Waals surface area contributed by atoms with Gasteiger partial charge in [0.15, 0.2) is 11.5 Å². The molecular weight excluding hydrogens is 431 g/mol. The first-order valence-electron chi connectivity index (χ1n) is 9.09. The van der Waals surface area contributed by atoms with Crippen LogP contribution in [0.4, 0.5) is 5.69 Å². The van der Waals surface area contributed by atoms with E-state index in [1.165, 1.54) is 0 Å². The van der Waals surface area contributed by atoms with Gasteiger partial charge in [-0.25, -0.2) is 4.98 Å². The summed E-state index contributed by atoms with van der Waals surface area (Å²) in [5.74, 6) is 0.918. The molecule has 30 heavy (non-hydrogen) atoms. The molecule has 0 radical (unpaired) electrons. The molecule has 10 heteroatoms. The van der Waals surface area contributed by atoms with E-state index < -0.39 is 6.10 Å². The number of carbonyl (C=O) groups is 1. The zero-order chi connectivity index (χ0) is 19.3. The van der Waals surface area contributed by atoms with E-state index in [9.17, 15) is 4.79 Å². The fourth-order valence-corrected chi connectivity index (χ4v) is 3.03. The molecule has 1 aliphatic rings. The molecule has 1 fully saturated rings. The number of halogens is 2. The number of hydrogen-bond acceptors (Lipinski definition) is 6. The SMILES string of the molecule is COc1ccc(NC(=O)C2CNCCO2)cc1OCc1cn2ccccc2n1.Cl.Cl. The molecular formula is C20H24Cl2N4O4. The standard InChI is InChI=1S/C20H22N4O4.2ClH/c1-26-16-6-5-14(23-20(25)18-11-21-7-9-27-18)10-17(16)28-13-15-12-24-8-3-2-4-19(24)22-15;;/h2-6,8,10,12,18,21H,7,9,11,13H2,1H3,(H,23,25);2*1H. The number of nitrogens with zero attached hydrogens (tertiary/aromatic N) is 2. The van der Waals surface area contributed by atoms with Crippen molar-refractivity contribution in [1.82, 2.24) is 14.7 Å². The van der Waals surface area contributed by atoms with Crippen molar-refractivity contribution in [2.45, 2.75) is 12.7 Å². The molecule has 2 N–H and O–H groups in total. The molecule has 0 spiro atoms. The van der Waals surface area contributed by atoms with E-state index in [4.69, 9.17) is 14.2 Å². The first kappa shape index (κ1) is 23.8. The Morgan fingerprint density at radius 2 is 2.17 bits per heavy atom. The molecule has 1 atom stereocenters. The van der Waals surface area contributed by atoms with Gasteiger partial charge in [-0.1, -0.05) is 6.07 Å². The van der Waals surface area contributed by atoms with E-state index >= 15 is 0 Å². The van der Waals surface area contributed by atoms with Gasteiger partial charge in [0.05, 0.1) is 19.4 Å². The van der Waals surface area contributed by atoms with Gasteiger partial charge in [-0.15, -0.1) is 24.8 Å². The molecule has 0 bridgehead atoms. The van der Waals surface area contributed by atoms with Crippen molar-refractivity contribution in [2.24, 2.45) is 0 Å². The molecule has 2 aromatic heterocycles. The third-order valence-corrected chi connectivity index (χ3v) is 4.44. The lowest BCUT2D eigenvalue weighted by Crippen LogP contribution is -2.45. The van der Waals surface area contributed by atoms with Gasteiger partial charge in [0.1, 0.15) is 18.4 Å². The lowest BCUT2D eigenvalue weighted by Gasteiger charge is -2.22. The van der Waals surface area contributed by atoms with E-state index in [0.29, 0.717) is 30.3 Å². The quantitative estimate of drug-likeness (QED) is 0.595. The summed E-state index contributed by atoms with van der Waals surface area (Å²) in [6, 6.07) is 11.1. The van der Waals surface area contributed by atoms with Crippen LogP contribution >= 0.6 is 24.8 Å². The maximum atomic E-state index is 12.4. The van der Waals surface area contributed by atoms with Gasteiger partial charge in [-0.05, 0) is 24.3 Å². The minimum Gasteiger partial charge on any atom is -0.493 e. The summed E-state index contributed by atoms with van der Waals surface area (Å²) in [4.78, 5) is 16.9. The van der Waals surface area contributed by atoms with Gasteiger partial charge in [0.25, 0.3) is 5.91 Å². The number of carbonyl (C=O) groups excluding carboxylic acids is 1. The van der Waals surface area contributed by atoms with Crippen LogP contribution in [0.3, 0.4) is 0 Å². The molecule has 3 heterocycles. The average molecular weight is 455 g/mol. The number of rotatable bonds is 6. The number of morpholine rings is 1. The summed E-state index contributed by atoms with van der Waals surface area (Å²) in [6.45, 7) is 2.06. The van der Waals surface area contributed by atoms with Crippen LogP contribution < -0.4 is 20.1 Å². The first-order valence-corrected chi connectivity index (χ1v) is 9.09. The molecule has 0 saturated carbocycles. The van der Waals surface area contributed by atoms with Crippen molar-refractivity contribution in [3.05, 3.63) is 54.5 Å². The molecule has 1 saturated heterocycles. The number of aromatic nitrogens is 2. The van der Waals surface area contributed by atoms with Gasteiger partial charge in [-0.2, -0.15) is 0 Å². The van der Waals surface area contributed by atoms with Gasteiger partial charge in [0.2, 0.25) is 0 Å². The highest BCUT2D eigenvalue weighted by molar-refractivity contribution is 5.94. The third-order valence-electron chi connectivity index (χ3n) is 4.44. The van der Waals surface area contributed by atoms with Crippen LogP contribution in [0, 0.1) is 0 Å². The van der Waals surface area contributed by atoms with Gasteiger partial charge in [-0.3, -0.25) is 4.79 Å². The largest absolute Gasteiger partial charge is 0.493 e. The smallest absolute Gasteiger partial charge is 0.254 e. The van der Waals surface area contributed by atoms with E-state index in [2.05, 4.69) is 15.6 Å². The summed E-state index contributed by atoms with van der Waals surface area (Å²) in [6.07, 6.45) is 3.35. The number of ether oxygens (including phenoxy) is 3. The lowest BCUT2D eigenvalue weighted by atomic mass is 10.2. The van der Waals surface area contributed by atoms with Crippen LogP contribution in [0.1, 0.15) is 5.69 Å². The minimum absolute atomic E-state index is 0. The van der Waals surface area contributed by atoms with Crippen molar-refractivity contribution < 1.29 is 19.0 Å². The van der Waals surface area contributed by atoms with Gasteiger partial charge >= 0.3 is 0 Å². The number of methoxy groups -OCH3 is 1. The highest BCUT2D eigenvalue weighted by Gasteiger charge is 2.22. The van der Waals surface area contributed by atoms with Crippen molar-refractivity contribution in [3.8, 4) is 11.5 Å². The number of pyridine rings is 1. The predicted octanol–water partition coefficient (Wildman–Crippen LogP) is 2.69. The van der Waals surface area contributed by atoms with Crippen LogP contribution in [0.5, 0.6) is 11.5 Å². The Morgan fingerprint density at radius 3 is 2.90 bits per heavy atom. The molecule has 3 aromatic rings.